The van der Waals surface area contributed by atoms with E-state index >= 15 is 0 Å². The number of amides is 1. The molecular weight excluding hydrogens is 292 g/mol. The zero-order chi connectivity index (χ0) is 13.8. The van der Waals surface area contributed by atoms with Crippen LogP contribution in [-0.2, 0) is 11.2 Å². The number of aryl methyl sites for hydroxylation is 2. The second kappa shape index (κ2) is 6.34. The number of benzene rings is 1. The molecular formula is C14H21BrN2O. The van der Waals surface area contributed by atoms with Crippen molar-refractivity contribution in [1.82, 2.24) is 5.32 Å². The van der Waals surface area contributed by atoms with Gasteiger partial charge in [0.2, 0.25) is 5.91 Å². The summed E-state index contributed by atoms with van der Waals surface area (Å²) in [7, 11) is 0. The molecule has 3 nitrogen and oxygen atoms in total. The van der Waals surface area contributed by atoms with E-state index in [1.54, 1.807) is 0 Å². The van der Waals surface area contributed by atoms with Crippen LogP contribution in [0.15, 0.2) is 22.7 Å². The molecule has 0 spiro atoms. The molecule has 0 saturated heterocycles. The van der Waals surface area contributed by atoms with Gasteiger partial charge in [0, 0.05) is 23.0 Å². The minimum atomic E-state index is -0.357. The van der Waals surface area contributed by atoms with E-state index in [0.717, 1.165) is 10.9 Å². The highest BCUT2D eigenvalue weighted by molar-refractivity contribution is 9.10. The highest BCUT2D eigenvalue weighted by atomic mass is 79.9. The molecule has 1 aromatic rings. The lowest BCUT2D eigenvalue weighted by atomic mass is 10.1. The van der Waals surface area contributed by atoms with Crippen molar-refractivity contribution >= 4 is 21.8 Å². The monoisotopic (exact) mass is 312 g/mol. The smallest absolute Gasteiger partial charge is 0.220 e. The number of carbonyl (C=O) groups is 1. The van der Waals surface area contributed by atoms with Gasteiger partial charge in [-0.25, -0.2) is 0 Å². The highest BCUT2D eigenvalue weighted by Crippen LogP contribution is 2.17. The molecule has 1 rings (SSSR count). The maximum atomic E-state index is 11.6. The lowest BCUT2D eigenvalue weighted by molar-refractivity contribution is -0.121. The number of carbonyl (C=O) groups excluding carboxylic acids is 1. The summed E-state index contributed by atoms with van der Waals surface area (Å²) in [6.07, 6.45) is 1.25. The summed E-state index contributed by atoms with van der Waals surface area (Å²) in [4.78, 5) is 11.6. The number of rotatable bonds is 5. The maximum absolute atomic E-state index is 11.6. The Hall–Kier alpha value is -0.870. The molecule has 18 heavy (non-hydrogen) atoms. The molecule has 0 bridgehead atoms. The van der Waals surface area contributed by atoms with E-state index in [1.807, 2.05) is 32.9 Å². The van der Waals surface area contributed by atoms with Crippen LogP contribution in [0, 0.1) is 6.92 Å². The number of hydrogen-bond donors (Lipinski definition) is 2. The first kappa shape index (κ1) is 15.2. The first-order chi connectivity index (χ1) is 8.28. The number of nitrogens with one attached hydrogen (secondary N) is 1. The third-order valence-corrected chi connectivity index (χ3v) is 3.49. The quantitative estimate of drug-likeness (QED) is 0.878. The summed E-state index contributed by atoms with van der Waals surface area (Å²) >= 11 is 3.46. The van der Waals surface area contributed by atoms with Crippen molar-refractivity contribution in [3.8, 4) is 0 Å². The Morgan fingerprint density at radius 1 is 1.44 bits per heavy atom. The number of halogens is 1. The van der Waals surface area contributed by atoms with Crippen LogP contribution < -0.4 is 11.1 Å². The first-order valence-corrected chi connectivity index (χ1v) is 6.88. The van der Waals surface area contributed by atoms with Gasteiger partial charge >= 0.3 is 0 Å². The van der Waals surface area contributed by atoms with E-state index in [4.69, 9.17) is 5.73 Å². The minimum Gasteiger partial charge on any atom is -0.354 e. The molecule has 0 fully saturated rings. The number of nitrogens with two attached hydrogens (primary N) is 1. The summed E-state index contributed by atoms with van der Waals surface area (Å²) in [6.45, 7) is 6.34. The summed E-state index contributed by atoms with van der Waals surface area (Å²) in [5.74, 6) is 0.0501. The largest absolute Gasteiger partial charge is 0.354 e. The fourth-order valence-electron chi connectivity index (χ4n) is 1.53. The Morgan fingerprint density at radius 3 is 2.67 bits per heavy atom. The van der Waals surface area contributed by atoms with Gasteiger partial charge in [0.05, 0.1) is 0 Å². The molecule has 100 valence electrons. The van der Waals surface area contributed by atoms with Gasteiger partial charge in [-0.15, -0.1) is 0 Å². The van der Waals surface area contributed by atoms with Gasteiger partial charge in [-0.2, -0.15) is 0 Å². The van der Waals surface area contributed by atoms with Gasteiger partial charge in [-0.1, -0.05) is 28.1 Å². The van der Waals surface area contributed by atoms with Crippen LogP contribution in [0.25, 0.3) is 0 Å². The van der Waals surface area contributed by atoms with E-state index in [2.05, 4.69) is 27.3 Å². The molecule has 0 aliphatic heterocycles. The second-order valence-corrected chi connectivity index (χ2v) is 6.20. The fraction of sp³-hybridized carbons (Fsp3) is 0.500. The van der Waals surface area contributed by atoms with Crippen molar-refractivity contribution < 1.29 is 4.79 Å². The van der Waals surface area contributed by atoms with Crippen LogP contribution in [0.1, 0.15) is 31.4 Å². The molecule has 3 N–H and O–H groups in total. The zero-order valence-corrected chi connectivity index (χ0v) is 12.8. The lowest BCUT2D eigenvalue weighted by Gasteiger charge is -2.18. The van der Waals surface area contributed by atoms with Crippen LogP contribution >= 0.6 is 15.9 Å². The Kier molecular flexibility index (Phi) is 5.35. The normalized spacial score (nSPS) is 11.4. The SMILES string of the molecule is Cc1cc(CCC(=O)NCC(C)(C)N)ccc1Br. The van der Waals surface area contributed by atoms with E-state index in [0.29, 0.717) is 13.0 Å². The van der Waals surface area contributed by atoms with Crippen molar-refractivity contribution in [2.24, 2.45) is 5.73 Å². The maximum Gasteiger partial charge on any atom is 0.220 e. The predicted molar refractivity (Wildman–Crippen MR) is 78.5 cm³/mol. The van der Waals surface area contributed by atoms with Crippen LogP contribution in [0.2, 0.25) is 0 Å². The van der Waals surface area contributed by atoms with Gasteiger partial charge in [-0.05, 0) is 44.4 Å². The van der Waals surface area contributed by atoms with E-state index in [1.165, 1.54) is 11.1 Å². The molecule has 0 heterocycles. The summed E-state index contributed by atoms with van der Waals surface area (Å²) < 4.78 is 1.10. The topological polar surface area (TPSA) is 55.1 Å². The molecule has 0 atom stereocenters. The van der Waals surface area contributed by atoms with E-state index in [9.17, 15) is 4.79 Å². The molecule has 0 radical (unpaired) electrons. The van der Waals surface area contributed by atoms with E-state index < -0.39 is 0 Å². The third-order valence-electron chi connectivity index (χ3n) is 2.60. The average Bonchev–Trinajstić information content (AvgIpc) is 2.27. The van der Waals surface area contributed by atoms with Crippen LogP contribution in [0.4, 0.5) is 0 Å². The van der Waals surface area contributed by atoms with Gasteiger partial charge in [-0.3, -0.25) is 4.79 Å². The summed E-state index contributed by atoms with van der Waals surface area (Å²) in [5.41, 5.74) is 7.82. The van der Waals surface area contributed by atoms with Crippen molar-refractivity contribution in [3.63, 3.8) is 0 Å². The van der Waals surface area contributed by atoms with Gasteiger partial charge in [0.1, 0.15) is 0 Å². The number of hydrogen-bond acceptors (Lipinski definition) is 2. The predicted octanol–water partition coefficient (Wildman–Crippen LogP) is 2.54. The Balaban J connectivity index is 2.40. The standard InChI is InChI=1S/C14H21BrN2O/c1-10-8-11(4-6-12(10)15)5-7-13(18)17-9-14(2,3)16/h4,6,8H,5,7,9,16H2,1-3H3,(H,17,18). The van der Waals surface area contributed by atoms with E-state index in [-0.39, 0.29) is 11.4 Å². The molecule has 0 aliphatic rings. The fourth-order valence-corrected chi connectivity index (χ4v) is 1.78. The molecule has 0 aliphatic carbocycles. The van der Waals surface area contributed by atoms with Crippen molar-refractivity contribution in [2.75, 3.05) is 6.54 Å². The Morgan fingerprint density at radius 2 is 2.11 bits per heavy atom. The molecule has 1 amide bonds. The van der Waals surface area contributed by atoms with Crippen LogP contribution in [0.3, 0.4) is 0 Å². The van der Waals surface area contributed by atoms with Gasteiger partial charge in [0.15, 0.2) is 0 Å². The van der Waals surface area contributed by atoms with Crippen molar-refractivity contribution in [3.05, 3.63) is 33.8 Å². The first-order valence-electron chi connectivity index (χ1n) is 6.08. The summed E-state index contributed by atoms with van der Waals surface area (Å²) in [6, 6.07) is 6.16. The summed E-state index contributed by atoms with van der Waals surface area (Å²) in [5, 5.41) is 2.85. The molecule has 0 aromatic heterocycles. The average molecular weight is 313 g/mol. The van der Waals surface area contributed by atoms with Crippen LogP contribution in [0.5, 0.6) is 0 Å². The lowest BCUT2D eigenvalue weighted by Crippen LogP contribution is -2.45. The molecule has 1 aromatic carbocycles. The van der Waals surface area contributed by atoms with Gasteiger partial charge in [0.25, 0.3) is 0 Å². The zero-order valence-electron chi connectivity index (χ0n) is 11.2. The molecule has 0 unspecified atom stereocenters. The Bertz CT molecular complexity index is 424. The molecule has 0 saturated carbocycles. The molecule has 4 heteroatoms. The van der Waals surface area contributed by atoms with Crippen molar-refractivity contribution in [1.29, 1.82) is 0 Å². The Labute approximate surface area is 117 Å². The van der Waals surface area contributed by atoms with Gasteiger partial charge < -0.3 is 11.1 Å². The third kappa shape index (κ3) is 5.65. The van der Waals surface area contributed by atoms with Crippen LogP contribution in [-0.4, -0.2) is 18.0 Å². The van der Waals surface area contributed by atoms with Crippen molar-refractivity contribution in [2.45, 2.75) is 39.2 Å². The highest BCUT2D eigenvalue weighted by Gasteiger charge is 2.12. The minimum absolute atomic E-state index is 0.0501. The second-order valence-electron chi connectivity index (χ2n) is 5.35.